The van der Waals surface area contributed by atoms with E-state index < -0.39 is 0 Å². The van der Waals surface area contributed by atoms with E-state index in [4.69, 9.17) is 5.73 Å². The van der Waals surface area contributed by atoms with Gasteiger partial charge in [0, 0.05) is 13.1 Å². The van der Waals surface area contributed by atoms with E-state index in [0.717, 1.165) is 19.5 Å². The van der Waals surface area contributed by atoms with Gasteiger partial charge in [0.05, 0.1) is 0 Å². The Hall–Kier alpha value is -1.65. The SMILES string of the molecule is Nc1ccc(C(=O)N2CCC2)nn1. The number of rotatable bonds is 1. The number of hydrogen-bond acceptors (Lipinski definition) is 4. The minimum atomic E-state index is -0.0567. The number of anilines is 1. The van der Waals surface area contributed by atoms with Gasteiger partial charge in [-0.25, -0.2) is 0 Å². The van der Waals surface area contributed by atoms with E-state index in [2.05, 4.69) is 10.2 Å². The summed E-state index contributed by atoms with van der Waals surface area (Å²) in [6.45, 7) is 1.65. The van der Waals surface area contributed by atoms with Gasteiger partial charge in [-0.1, -0.05) is 0 Å². The van der Waals surface area contributed by atoms with E-state index in [-0.39, 0.29) is 5.91 Å². The van der Waals surface area contributed by atoms with Crippen LogP contribution < -0.4 is 5.73 Å². The van der Waals surface area contributed by atoms with Crippen LogP contribution in [0, 0.1) is 0 Å². The largest absolute Gasteiger partial charge is 0.382 e. The van der Waals surface area contributed by atoms with Crippen LogP contribution in [0.15, 0.2) is 12.1 Å². The second kappa shape index (κ2) is 3.01. The number of nitrogens with two attached hydrogens (primary N) is 1. The van der Waals surface area contributed by atoms with Crippen LogP contribution in [0.4, 0.5) is 5.82 Å². The van der Waals surface area contributed by atoms with Crippen LogP contribution in [-0.4, -0.2) is 34.1 Å². The van der Waals surface area contributed by atoms with Gasteiger partial charge < -0.3 is 10.6 Å². The van der Waals surface area contributed by atoms with Gasteiger partial charge in [-0.3, -0.25) is 4.79 Å². The summed E-state index contributed by atoms with van der Waals surface area (Å²) in [6.07, 6.45) is 1.08. The molecule has 0 atom stereocenters. The van der Waals surface area contributed by atoms with Crippen LogP contribution in [0.3, 0.4) is 0 Å². The summed E-state index contributed by atoms with van der Waals surface area (Å²) in [5, 5.41) is 7.34. The quantitative estimate of drug-likeness (QED) is 0.652. The van der Waals surface area contributed by atoms with Crippen molar-refractivity contribution in [3.05, 3.63) is 17.8 Å². The molecular weight excluding hydrogens is 168 g/mol. The van der Waals surface area contributed by atoms with E-state index >= 15 is 0 Å². The lowest BCUT2D eigenvalue weighted by Gasteiger charge is -2.30. The van der Waals surface area contributed by atoms with E-state index in [1.54, 1.807) is 17.0 Å². The van der Waals surface area contributed by atoms with Crippen LogP contribution >= 0.6 is 0 Å². The number of nitrogen functional groups attached to an aromatic ring is 1. The predicted molar refractivity (Wildman–Crippen MR) is 47.0 cm³/mol. The van der Waals surface area contributed by atoms with Crippen molar-refractivity contribution < 1.29 is 4.79 Å². The van der Waals surface area contributed by atoms with Crippen molar-refractivity contribution in [2.45, 2.75) is 6.42 Å². The molecule has 0 aliphatic carbocycles. The molecule has 2 N–H and O–H groups in total. The van der Waals surface area contributed by atoms with Crippen LogP contribution in [0.5, 0.6) is 0 Å². The number of hydrogen-bond donors (Lipinski definition) is 1. The first-order valence-corrected chi connectivity index (χ1v) is 4.16. The highest BCUT2D eigenvalue weighted by molar-refractivity contribution is 5.92. The fourth-order valence-corrected chi connectivity index (χ4v) is 1.14. The molecule has 2 rings (SSSR count). The highest BCUT2D eigenvalue weighted by Gasteiger charge is 2.22. The van der Waals surface area contributed by atoms with Gasteiger partial charge in [-0.05, 0) is 18.6 Å². The average Bonchev–Trinajstić information content (AvgIpc) is 2.02. The second-order valence-electron chi connectivity index (χ2n) is 2.99. The van der Waals surface area contributed by atoms with Crippen molar-refractivity contribution in [1.82, 2.24) is 15.1 Å². The molecule has 1 fully saturated rings. The van der Waals surface area contributed by atoms with Crippen molar-refractivity contribution in [2.75, 3.05) is 18.8 Å². The maximum atomic E-state index is 11.5. The lowest BCUT2D eigenvalue weighted by atomic mass is 10.2. The van der Waals surface area contributed by atoms with Crippen LogP contribution in [0.25, 0.3) is 0 Å². The molecule has 2 heterocycles. The summed E-state index contributed by atoms with van der Waals surface area (Å²) in [5.41, 5.74) is 5.72. The summed E-state index contributed by atoms with van der Waals surface area (Å²) in [5.74, 6) is 0.277. The third-order valence-electron chi connectivity index (χ3n) is 2.05. The highest BCUT2D eigenvalue weighted by atomic mass is 16.2. The van der Waals surface area contributed by atoms with Crippen LogP contribution in [0.2, 0.25) is 0 Å². The molecular formula is C8H10N4O. The Morgan fingerprint density at radius 2 is 2.15 bits per heavy atom. The molecule has 5 heteroatoms. The fraction of sp³-hybridized carbons (Fsp3) is 0.375. The van der Waals surface area contributed by atoms with Crippen molar-refractivity contribution in [2.24, 2.45) is 0 Å². The standard InChI is InChI=1S/C8H10N4O/c9-7-3-2-6(10-11-7)8(13)12-4-1-5-12/h2-3H,1,4-5H2,(H2,9,11). The first-order valence-electron chi connectivity index (χ1n) is 4.16. The maximum absolute atomic E-state index is 11.5. The third-order valence-corrected chi connectivity index (χ3v) is 2.05. The lowest BCUT2D eigenvalue weighted by molar-refractivity contribution is 0.0644. The Kier molecular flexibility index (Phi) is 1.84. The van der Waals surface area contributed by atoms with Gasteiger partial charge in [0.25, 0.3) is 5.91 Å². The topological polar surface area (TPSA) is 72.1 Å². The zero-order valence-electron chi connectivity index (χ0n) is 7.10. The molecule has 68 valence electrons. The number of nitrogens with zero attached hydrogens (tertiary/aromatic N) is 3. The summed E-state index contributed by atoms with van der Waals surface area (Å²) < 4.78 is 0. The number of likely N-dealkylation sites (tertiary alicyclic amines) is 1. The molecule has 1 aliphatic heterocycles. The number of carbonyl (C=O) groups is 1. The van der Waals surface area contributed by atoms with Crippen molar-refractivity contribution in [3.8, 4) is 0 Å². The van der Waals surface area contributed by atoms with E-state index in [9.17, 15) is 4.79 Å². The Morgan fingerprint density at radius 3 is 2.62 bits per heavy atom. The van der Waals surface area contributed by atoms with E-state index in [1.807, 2.05) is 0 Å². The van der Waals surface area contributed by atoms with Gasteiger partial charge in [0.15, 0.2) is 5.69 Å². The van der Waals surface area contributed by atoms with E-state index in [0.29, 0.717) is 11.5 Å². The average molecular weight is 178 g/mol. The molecule has 0 saturated carbocycles. The smallest absolute Gasteiger partial charge is 0.274 e. The number of aromatic nitrogens is 2. The second-order valence-corrected chi connectivity index (χ2v) is 2.99. The van der Waals surface area contributed by atoms with E-state index in [1.165, 1.54) is 0 Å². The predicted octanol–water partition coefficient (Wildman–Crippen LogP) is -0.0953. The summed E-state index contributed by atoms with van der Waals surface area (Å²) in [7, 11) is 0. The molecule has 0 unspecified atom stereocenters. The van der Waals surface area contributed by atoms with Gasteiger partial charge in [-0.15, -0.1) is 10.2 Å². The molecule has 0 bridgehead atoms. The maximum Gasteiger partial charge on any atom is 0.274 e. The number of amides is 1. The van der Waals surface area contributed by atoms with Crippen LogP contribution in [0.1, 0.15) is 16.9 Å². The monoisotopic (exact) mass is 178 g/mol. The first-order chi connectivity index (χ1) is 6.27. The number of carbonyl (C=O) groups excluding carboxylic acids is 1. The Labute approximate surface area is 75.6 Å². The molecule has 5 nitrogen and oxygen atoms in total. The minimum Gasteiger partial charge on any atom is -0.382 e. The summed E-state index contributed by atoms with van der Waals surface area (Å²) >= 11 is 0. The summed E-state index contributed by atoms with van der Waals surface area (Å²) in [4.78, 5) is 13.3. The molecule has 1 aromatic rings. The molecule has 0 aromatic carbocycles. The molecule has 0 spiro atoms. The fourth-order valence-electron chi connectivity index (χ4n) is 1.14. The van der Waals surface area contributed by atoms with Crippen LogP contribution in [-0.2, 0) is 0 Å². The summed E-state index contributed by atoms with van der Waals surface area (Å²) in [6, 6.07) is 3.18. The van der Waals surface area contributed by atoms with Gasteiger partial charge >= 0.3 is 0 Å². The molecule has 1 saturated heterocycles. The zero-order chi connectivity index (χ0) is 9.26. The minimum absolute atomic E-state index is 0.0567. The Balaban J connectivity index is 2.15. The molecule has 0 radical (unpaired) electrons. The highest BCUT2D eigenvalue weighted by Crippen LogP contribution is 2.10. The third kappa shape index (κ3) is 1.44. The van der Waals surface area contributed by atoms with Gasteiger partial charge in [-0.2, -0.15) is 0 Å². The Morgan fingerprint density at radius 1 is 1.38 bits per heavy atom. The first kappa shape index (κ1) is 7.97. The van der Waals surface area contributed by atoms with Crippen molar-refractivity contribution in [1.29, 1.82) is 0 Å². The van der Waals surface area contributed by atoms with Gasteiger partial charge in [0.1, 0.15) is 5.82 Å². The molecule has 1 amide bonds. The normalized spacial score (nSPS) is 15.2. The van der Waals surface area contributed by atoms with Crippen molar-refractivity contribution in [3.63, 3.8) is 0 Å². The lowest BCUT2D eigenvalue weighted by Crippen LogP contribution is -2.42. The molecule has 1 aliphatic rings. The Bertz CT molecular complexity index is 317. The van der Waals surface area contributed by atoms with Gasteiger partial charge in [0.2, 0.25) is 0 Å². The molecule has 1 aromatic heterocycles. The zero-order valence-corrected chi connectivity index (χ0v) is 7.10. The molecule has 13 heavy (non-hydrogen) atoms. The van der Waals surface area contributed by atoms with Crippen molar-refractivity contribution >= 4 is 11.7 Å².